The van der Waals surface area contributed by atoms with E-state index < -0.39 is 0 Å². The third-order valence-corrected chi connectivity index (χ3v) is 6.16. The zero-order valence-corrected chi connectivity index (χ0v) is 19.1. The van der Waals surface area contributed by atoms with Crippen LogP contribution in [0.3, 0.4) is 0 Å². The molecule has 3 heterocycles. The Labute approximate surface area is 197 Å². The van der Waals surface area contributed by atoms with Crippen molar-refractivity contribution in [2.45, 2.75) is 19.9 Å². The van der Waals surface area contributed by atoms with E-state index in [0.29, 0.717) is 6.54 Å². The van der Waals surface area contributed by atoms with Gasteiger partial charge in [-0.1, -0.05) is 25.1 Å². The van der Waals surface area contributed by atoms with Crippen LogP contribution < -0.4 is 10.6 Å². The molecule has 5 aromatic rings. The number of aromatic nitrogens is 4. The van der Waals surface area contributed by atoms with Crippen LogP contribution in [-0.4, -0.2) is 19.5 Å². The molecule has 0 atom stereocenters. The van der Waals surface area contributed by atoms with Crippen molar-refractivity contribution < 1.29 is 0 Å². The largest absolute Gasteiger partial charge is 0.379 e. The van der Waals surface area contributed by atoms with Gasteiger partial charge in [-0.25, -0.2) is 9.97 Å². The van der Waals surface area contributed by atoms with E-state index in [2.05, 4.69) is 75.4 Å². The van der Waals surface area contributed by atoms with Gasteiger partial charge in [-0.2, -0.15) is 0 Å². The Kier molecular flexibility index (Phi) is 6.12. The van der Waals surface area contributed by atoms with E-state index in [9.17, 15) is 0 Å². The maximum absolute atomic E-state index is 4.81. The van der Waals surface area contributed by atoms with Gasteiger partial charge in [-0.15, -0.1) is 11.3 Å². The highest BCUT2D eigenvalue weighted by Crippen LogP contribution is 2.30. The predicted molar refractivity (Wildman–Crippen MR) is 135 cm³/mol. The molecule has 0 fully saturated rings. The molecule has 0 saturated heterocycles. The summed E-state index contributed by atoms with van der Waals surface area (Å²) in [6.45, 7) is 2.87. The van der Waals surface area contributed by atoms with E-state index in [1.807, 2.05) is 35.2 Å². The topological polar surface area (TPSA) is 67.7 Å². The molecule has 0 aliphatic carbocycles. The number of benzene rings is 2. The molecule has 2 aromatic carbocycles. The molecular weight excluding hydrogens is 428 g/mol. The first-order valence-corrected chi connectivity index (χ1v) is 11.7. The third-order valence-electron chi connectivity index (χ3n) is 5.40. The standard InChI is InChI=1S/C26H24N6S/c1-2-19-15-21(29-16-22-5-3-4-12-28-22)8-11-24(19)30-26-31-25(17-33-26)20-6-9-23(10-7-20)32-14-13-27-18-32/h3-15,17-18,29H,2,16H2,1H3,(H,30,31). The molecular formula is C26H24N6S. The Bertz CT molecular complexity index is 1310. The van der Waals surface area contributed by atoms with E-state index in [1.54, 1.807) is 23.9 Å². The molecule has 5 rings (SSSR count). The molecule has 0 amide bonds. The maximum atomic E-state index is 4.81. The average Bonchev–Trinajstić information content (AvgIpc) is 3.57. The zero-order valence-electron chi connectivity index (χ0n) is 18.3. The summed E-state index contributed by atoms with van der Waals surface area (Å²) in [7, 11) is 0. The summed E-state index contributed by atoms with van der Waals surface area (Å²) in [4.78, 5) is 13.3. The van der Waals surface area contributed by atoms with E-state index >= 15 is 0 Å². The van der Waals surface area contributed by atoms with Gasteiger partial charge >= 0.3 is 0 Å². The fourth-order valence-electron chi connectivity index (χ4n) is 3.61. The summed E-state index contributed by atoms with van der Waals surface area (Å²) in [6, 6.07) is 20.7. The van der Waals surface area contributed by atoms with Crippen molar-refractivity contribution in [1.82, 2.24) is 19.5 Å². The van der Waals surface area contributed by atoms with Crippen LogP contribution in [0, 0.1) is 0 Å². The fraction of sp³-hybridized carbons (Fsp3) is 0.115. The second-order valence-corrected chi connectivity index (χ2v) is 8.44. The average molecular weight is 453 g/mol. The van der Waals surface area contributed by atoms with Gasteiger partial charge in [0.15, 0.2) is 5.13 Å². The van der Waals surface area contributed by atoms with E-state index in [-0.39, 0.29) is 0 Å². The lowest BCUT2D eigenvalue weighted by Gasteiger charge is -2.12. The lowest BCUT2D eigenvalue weighted by Crippen LogP contribution is -2.02. The minimum absolute atomic E-state index is 0.701. The fourth-order valence-corrected chi connectivity index (χ4v) is 4.34. The minimum atomic E-state index is 0.701. The first-order valence-electron chi connectivity index (χ1n) is 10.9. The first-order chi connectivity index (χ1) is 16.3. The van der Waals surface area contributed by atoms with Crippen LogP contribution in [0.2, 0.25) is 0 Å². The molecule has 2 N–H and O–H groups in total. The number of anilines is 3. The lowest BCUT2D eigenvalue weighted by atomic mass is 10.1. The van der Waals surface area contributed by atoms with Gasteiger partial charge in [-0.3, -0.25) is 4.98 Å². The lowest BCUT2D eigenvalue weighted by molar-refractivity contribution is 1.04. The number of nitrogens with zero attached hydrogens (tertiary/aromatic N) is 4. The number of aryl methyl sites for hydroxylation is 1. The number of hydrogen-bond acceptors (Lipinski definition) is 6. The van der Waals surface area contributed by atoms with Crippen molar-refractivity contribution in [3.8, 4) is 16.9 Å². The number of nitrogens with one attached hydrogen (secondary N) is 2. The Balaban J connectivity index is 1.27. The number of pyridine rings is 1. The third kappa shape index (κ3) is 4.94. The molecule has 0 aliphatic heterocycles. The summed E-state index contributed by atoms with van der Waals surface area (Å²) >= 11 is 1.61. The van der Waals surface area contributed by atoms with Gasteiger partial charge in [0.1, 0.15) is 0 Å². The van der Waals surface area contributed by atoms with Crippen LogP contribution >= 0.6 is 11.3 Å². The van der Waals surface area contributed by atoms with Crippen molar-refractivity contribution in [3.05, 3.63) is 102 Å². The molecule has 164 valence electrons. The van der Waals surface area contributed by atoms with Crippen LogP contribution in [-0.2, 0) is 13.0 Å². The summed E-state index contributed by atoms with van der Waals surface area (Å²) in [6.07, 6.45) is 8.25. The molecule has 0 unspecified atom stereocenters. The minimum Gasteiger partial charge on any atom is -0.379 e. The Morgan fingerprint density at radius 2 is 1.91 bits per heavy atom. The molecule has 33 heavy (non-hydrogen) atoms. The van der Waals surface area contributed by atoms with Crippen molar-refractivity contribution in [1.29, 1.82) is 0 Å². The first kappa shape index (κ1) is 20.9. The SMILES string of the molecule is CCc1cc(NCc2ccccn2)ccc1Nc1nc(-c2ccc(-n3ccnc3)cc2)cs1. The molecule has 0 radical (unpaired) electrons. The van der Waals surface area contributed by atoms with Crippen LogP contribution in [0.15, 0.2) is 91.0 Å². The molecule has 0 bridgehead atoms. The van der Waals surface area contributed by atoms with Gasteiger partial charge < -0.3 is 15.2 Å². The van der Waals surface area contributed by atoms with Crippen LogP contribution in [0.4, 0.5) is 16.5 Å². The Morgan fingerprint density at radius 1 is 1.00 bits per heavy atom. The number of rotatable bonds is 8. The highest BCUT2D eigenvalue weighted by atomic mass is 32.1. The highest BCUT2D eigenvalue weighted by molar-refractivity contribution is 7.14. The monoisotopic (exact) mass is 452 g/mol. The Morgan fingerprint density at radius 3 is 2.67 bits per heavy atom. The normalized spacial score (nSPS) is 10.8. The summed E-state index contributed by atoms with van der Waals surface area (Å²) in [5.74, 6) is 0. The molecule has 6 nitrogen and oxygen atoms in total. The second kappa shape index (κ2) is 9.67. The van der Waals surface area contributed by atoms with Gasteiger partial charge in [-0.05, 0) is 54.4 Å². The predicted octanol–water partition coefficient (Wildman–Crippen LogP) is 6.31. The smallest absolute Gasteiger partial charge is 0.187 e. The highest BCUT2D eigenvalue weighted by Gasteiger charge is 2.09. The summed E-state index contributed by atoms with van der Waals surface area (Å²) in [5.41, 5.74) is 7.56. The van der Waals surface area contributed by atoms with Gasteiger partial charge in [0.2, 0.25) is 0 Å². The number of thiazole rings is 1. The number of imidazole rings is 1. The van der Waals surface area contributed by atoms with Crippen LogP contribution in [0.1, 0.15) is 18.2 Å². The molecule has 3 aromatic heterocycles. The molecule has 0 saturated carbocycles. The van der Waals surface area contributed by atoms with Crippen molar-refractivity contribution in [3.63, 3.8) is 0 Å². The van der Waals surface area contributed by atoms with E-state index in [1.165, 1.54) is 5.56 Å². The molecule has 0 aliphatic rings. The van der Waals surface area contributed by atoms with Crippen molar-refractivity contribution in [2.24, 2.45) is 0 Å². The maximum Gasteiger partial charge on any atom is 0.187 e. The van der Waals surface area contributed by atoms with Crippen LogP contribution in [0.25, 0.3) is 16.9 Å². The van der Waals surface area contributed by atoms with E-state index in [0.717, 1.165) is 45.6 Å². The summed E-state index contributed by atoms with van der Waals surface area (Å²) < 4.78 is 1.99. The van der Waals surface area contributed by atoms with Crippen molar-refractivity contribution in [2.75, 3.05) is 10.6 Å². The van der Waals surface area contributed by atoms with Gasteiger partial charge in [0.05, 0.1) is 24.3 Å². The zero-order chi connectivity index (χ0) is 22.5. The second-order valence-electron chi connectivity index (χ2n) is 7.58. The van der Waals surface area contributed by atoms with E-state index in [4.69, 9.17) is 4.98 Å². The quantitative estimate of drug-likeness (QED) is 0.289. The molecule has 7 heteroatoms. The van der Waals surface area contributed by atoms with Gasteiger partial charge in [0, 0.05) is 46.6 Å². The van der Waals surface area contributed by atoms with Gasteiger partial charge in [0.25, 0.3) is 0 Å². The van der Waals surface area contributed by atoms with Crippen LogP contribution in [0.5, 0.6) is 0 Å². The molecule has 0 spiro atoms. The number of hydrogen-bond donors (Lipinski definition) is 2. The summed E-state index contributed by atoms with van der Waals surface area (Å²) in [5, 5.41) is 9.93. The Hall–Kier alpha value is -3.97. The van der Waals surface area contributed by atoms with Crippen molar-refractivity contribution >= 4 is 27.8 Å².